The fourth-order valence-electron chi connectivity index (χ4n) is 9.81. The molecule has 7 heterocycles. The van der Waals surface area contributed by atoms with Gasteiger partial charge in [0.2, 0.25) is 0 Å². The second-order valence-corrected chi connectivity index (χ2v) is 25.4. The second-order valence-electron chi connectivity index (χ2n) is 25.4. The molecule has 0 N–H and O–H groups in total. The van der Waals surface area contributed by atoms with Crippen molar-refractivity contribution in [3.8, 4) is 5.75 Å². The summed E-state index contributed by atoms with van der Waals surface area (Å²) in [6.07, 6.45) is 7.90. The normalized spacial score (nSPS) is 20.8. The predicted octanol–water partition coefficient (Wildman–Crippen LogP) is 12.6. The van der Waals surface area contributed by atoms with Crippen LogP contribution in [0, 0.1) is 37.9 Å². The number of hydrogen-bond acceptors (Lipinski definition) is 14. The summed E-state index contributed by atoms with van der Waals surface area (Å²) in [5, 5.41) is 0. The van der Waals surface area contributed by atoms with Crippen molar-refractivity contribution in [3.05, 3.63) is 114 Å². The van der Waals surface area contributed by atoms with Crippen molar-refractivity contribution < 1.29 is 66.3 Å². The molecule has 14 heteroatoms. The van der Waals surface area contributed by atoms with Crippen molar-refractivity contribution in [1.82, 2.24) is 0 Å². The lowest BCUT2D eigenvalue weighted by Gasteiger charge is -2.41. The highest BCUT2D eigenvalue weighted by Gasteiger charge is 2.41. The first-order valence-corrected chi connectivity index (χ1v) is 31.3. The Kier molecular flexibility index (Phi) is 29.4. The Balaban J connectivity index is 0.000000170. The topological polar surface area (TPSA) is 129 Å². The van der Waals surface area contributed by atoms with Crippen LogP contribution in [-0.4, -0.2) is 159 Å². The van der Waals surface area contributed by atoms with Crippen molar-refractivity contribution in [3.63, 3.8) is 0 Å². The maximum atomic E-state index is 5.90. The summed E-state index contributed by atoms with van der Waals surface area (Å²) in [4.78, 5) is 0. The molecule has 468 valence electrons. The summed E-state index contributed by atoms with van der Waals surface area (Å²) < 4.78 is 77.0. The van der Waals surface area contributed by atoms with E-state index in [2.05, 4.69) is 91.4 Å². The van der Waals surface area contributed by atoms with Crippen LogP contribution in [0.5, 0.6) is 5.75 Å². The van der Waals surface area contributed by atoms with E-state index in [1.807, 2.05) is 55.5 Å². The van der Waals surface area contributed by atoms with Gasteiger partial charge in [-0.2, -0.15) is 0 Å². The highest BCUT2D eigenvalue weighted by Crippen LogP contribution is 2.36. The van der Waals surface area contributed by atoms with Gasteiger partial charge in [-0.15, -0.1) is 0 Å². The largest absolute Gasteiger partial charge is 0.493 e. The molecule has 0 aromatic heterocycles. The Labute approximate surface area is 500 Å². The summed E-state index contributed by atoms with van der Waals surface area (Å²) in [6, 6.07) is 28.8. The molecular weight excluding hydrogens is 1050 g/mol. The zero-order valence-electron chi connectivity index (χ0n) is 52.5. The molecular formula is C69H108O14. The Morgan fingerprint density at radius 2 is 0.590 bits per heavy atom. The van der Waals surface area contributed by atoms with Crippen molar-refractivity contribution in [2.24, 2.45) is 37.9 Å². The molecule has 3 aromatic rings. The second kappa shape index (κ2) is 35.5. The Hall–Kier alpha value is -3.32. The molecule has 0 radical (unpaired) electrons. The molecule has 0 bridgehead atoms. The third-order valence-corrected chi connectivity index (χ3v) is 18.1. The standard InChI is InChI=1S/C20H30O4.C14H26O4.C13H18O2.C12H16O2.C10H18O2/c1-3-19(13-23-14-19)11-21-9-17-5-7-18(8-6-17)10-22-12-20(4-2)15-24-16-20;1-3-13(9-17-10-13)7-15-5-6-16-8-14(4-2)11-18-12-14;1-2-13(10-15-11-13)9-14-8-12-6-4-3-5-7-12;1-2-12(8-13-9-12)10-14-11-6-4-3-5-7-11;1-4-10(7-12-8-10)6-11-5-9(2)3/h5-8H,3-4,9-16H2,1-2H3;3-12H2,1-2H3;3-7H,2,8-11H2,1H3;3-7H,2,8-10H2,1H3;2,4-8H2,1,3H3. The highest BCUT2D eigenvalue weighted by molar-refractivity contribution is 5.22. The minimum Gasteiger partial charge on any atom is -0.493 e. The van der Waals surface area contributed by atoms with Crippen LogP contribution in [0.25, 0.3) is 0 Å². The van der Waals surface area contributed by atoms with Crippen LogP contribution in [0.15, 0.2) is 97.1 Å². The maximum absolute atomic E-state index is 5.90. The van der Waals surface area contributed by atoms with Gasteiger partial charge in [-0.3, -0.25) is 0 Å². The van der Waals surface area contributed by atoms with E-state index < -0.39 is 0 Å². The van der Waals surface area contributed by atoms with E-state index >= 15 is 0 Å². The Morgan fingerprint density at radius 1 is 0.337 bits per heavy atom. The molecule has 0 amide bonds. The van der Waals surface area contributed by atoms with Crippen LogP contribution in [0.1, 0.15) is 117 Å². The third-order valence-electron chi connectivity index (χ3n) is 18.1. The fourth-order valence-corrected chi connectivity index (χ4v) is 9.81. The monoisotopic (exact) mass is 1160 g/mol. The molecule has 0 unspecified atom stereocenters. The number of rotatable bonds is 33. The van der Waals surface area contributed by atoms with Gasteiger partial charge in [0.05, 0.1) is 184 Å². The Bertz CT molecular complexity index is 2070. The fraction of sp³-hybridized carbons (Fsp3) is 0.710. The maximum Gasteiger partial charge on any atom is 0.119 e. The minimum atomic E-state index is 0.258. The molecule has 0 spiro atoms. The quantitative estimate of drug-likeness (QED) is 0.0424. The number of hydrogen-bond donors (Lipinski definition) is 0. The van der Waals surface area contributed by atoms with E-state index in [1.165, 1.54) is 16.7 Å². The van der Waals surface area contributed by atoms with Gasteiger partial charge >= 0.3 is 0 Å². The van der Waals surface area contributed by atoms with Crippen molar-refractivity contribution in [2.75, 3.05) is 159 Å². The van der Waals surface area contributed by atoms with E-state index in [-0.39, 0.29) is 27.1 Å². The lowest BCUT2D eigenvalue weighted by Crippen LogP contribution is -2.46. The number of para-hydroxylation sites is 1. The molecule has 7 aliphatic rings. The highest BCUT2D eigenvalue weighted by atomic mass is 16.6. The Morgan fingerprint density at radius 3 is 0.855 bits per heavy atom. The SMILES string of the molecule is C=C(C)COCC1(CC)COC1.CCC1(COCCOCC2(CC)COC2)COC1.CCC1(COCc2ccc(COCC3(CC)COC3)cc2)COC1.CCC1(COCc2ccccc2)COC1.CCC1(COc2ccccc2)COC1. The number of benzene rings is 3. The summed E-state index contributed by atoms with van der Waals surface area (Å²) >= 11 is 0. The molecule has 7 saturated heterocycles. The van der Waals surface area contributed by atoms with Gasteiger partial charge in [0.25, 0.3) is 0 Å². The van der Waals surface area contributed by atoms with Gasteiger partial charge in [-0.1, -0.05) is 133 Å². The van der Waals surface area contributed by atoms with E-state index in [0.717, 1.165) is 195 Å². The molecule has 7 fully saturated rings. The van der Waals surface area contributed by atoms with Gasteiger partial charge in [0.15, 0.2) is 0 Å². The molecule has 14 nitrogen and oxygen atoms in total. The molecule has 3 aromatic carbocycles. The van der Waals surface area contributed by atoms with Crippen molar-refractivity contribution in [2.45, 2.75) is 120 Å². The minimum absolute atomic E-state index is 0.258. The van der Waals surface area contributed by atoms with Crippen LogP contribution in [0.3, 0.4) is 0 Å². The van der Waals surface area contributed by atoms with E-state index in [1.54, 1.807) is 0 Å². The van der Waals surface area contributed by atoms with Crippen molar-refractivity contribution >= 4 is 0 Å². The van der Waals surface area contributed by atoms with Gasteiger partial charge in [-0.25, -0.2) is 0 Å². The van der Waals surface area contributed by atoms with Crippen LogP contribution < -0.4 is 4.74 Å². The average Bonchev–Trinajstić information content (AvgIpc) is 3.59. The molecule has 83 heavy (non-hydrogen) atoms. The van der Waals surface area contributed by atoms with Gasteiger partial charge in [0.1, 0.15) is 5.75 Å². The first-order chi connectivity index (χ1) is 40.3. The summed E-state index contributed by atoms with van der Waals surface area (Å²) in [5.74, 6) is 0.951. The lowest BCUT2D eigenvalue weighted by molar-refractivity contribution is -0.164. The lowest BCUT2D eigenvalue weighted by atomic mass is 9.84. The first kappa shape index (κ1) is 68.8. The van der Waals surface area contributed by atoms with Crippen molar-refractivity contribution in [1.29, 1.82) is 0 Å². The molecule has 0 aliphatic carbocycles. The predicted molar refractivity (Wildman–Crippen MR) is 326 cm³/mol. The van der Waals surface area contributed by atoms with Gasteiger partial charge < -0.3 is 66.3 Å². The molecule has 0 atom stereocenters. The molecule has 7 aliphatic heterocycles. The van der Waals surface area contributed by atoms with E-state index in [9.17, 15) is 0 Å². The van der Waals surface area contributed by atoms with Gasteiger partial charge in [0, 0.05) is 32.5 Å². The molecule has 0 saturated carbocycles. The average molecular weight is 1160 g/mol. The van der Waals surface area contributed by atoms with E-state index in [0.29, 0.717) is 50.5 Å². The van der Waals surface area contributed by atoms with Crippen LogP contribution in [-0.2, 0) is 81.4 Å². The zero-order chi connectivity index (χ0) is 59.2. The summed E-state index contributed by atoms with van der Waals surface area (Å²) in [6.45, 7) is 42.7. The first-order valence-electron chi connectivity index (χ1n) is 31.3. The van der Waals surface area contributed by atoms with Crippen LogP contribution >= 0.6 is 0 Å². The van der Waals surface area contributed by atoms with E-state index in [4.69, 9.17) is 66.3 Å². The third kappa shape index (κ3) is 22.1. The molecule has 10 rings (SSSR count). The summed E-state index contributed by atoms with van der Waals surface area (Å²) in [7, 11) is 0. The summed E-state index contributed by atoms with van der Waals surface area (Å²) in [5.41, 5.74) is 6.72. The van der Waals surface area contributed by atoms with Crippen LogP contribution in [0.2, 0.25) is 0 Å². The number of ether oxygens (including phenoxy) is 14. The zero-order valence-corrected chi connectivity index (χ0v) is 52.5. The smallest absolute Gasteiger partial charge is 0.119 e. The van der Waals surface area contributed by atoms with Gasteiger partial charge in [-0.05, 0) is 80.7 Å². The van der Waals surface area contributed by atoms with Crippen LogP contribution in [0.4, 0.5) is 0 Å².